The van der Waals surface area contributed by atoms with E-state index in [0.29, 0.717) is 4.57 Å². The van der Waals surface area contributed by atoms with Crippen LogP contribution in [0, 0.1) is 0 Å². The maximum atomic E-state index is 13.4. The lowest BCUT2D eigenvalue weighted by molar-refractivity contribution is -0.274. The van der Waals surface area contributed by atoms with E-state index in [9.17, 15) is 31.1 Å². The molecule has 0 saturated carbocycles. The summed E-state index contributed by atoms with van der Waals surface area (Å²) in [6.07, 6.45) is -3.99. The molecule has 3 heterocycles. The molecule has 0 N–H and O–H groups in total. The number of hydrogen-bond acceptors (Lipinski definition) is 5. The summed E-state index contributed by atoms with van der Waals surface area (Å²) >= 11 is 0. The Kier molecular flexibility index (Phi) is 5.26. The monoisotopic (exact) mass is 457 g/mol. The number of rotatable bonds is 5. The molecule has 3 aromatic rings. The number of carbonyl (C=O) groups is 1. The molecule has 0 atom stereocenters. The molecule has 4 rings (SSSR count). The molecule has 168 valence electrons. The van der Waals surface area contributed by atoms with Crippen LogP contribution in [0.15, 0.2) is 43.0 Å². The van der Waals surface area contributed by atoms with Crippen molar-refractivity contribution in [3.05, 3.63) is 48.8 Å². The van der Waals surface area contributed by atoms with Gasteiger partial charge < -0.3 is 9.64 Å². The number of benzene rings is 1. The number of nitrogens with zero attached hydrogens (tertiary/aromatic N) is 5. The Balaban J connectivity index is 1.72. The second-order valence-corrected chi connectivity index (χ2v) is 6.92. The number of alkyl halides is 5. The summed E-state index contributed by atoms with van der Waals surface area (Å²) < 4.78 is 81.4. The van der Waals surface area contributed by atoms with Crippen LogP contribution in [0.25, 0.3) is 22.4 Å². The average molecular weight is 457 g/mol. The zero-order valence-electron chi connectivity index (χ0n) is 16.0. The zero-order valence-corrected chi connectivity index (χ0v) is 16.0. The Labute approximate surface area is 176 Å². The number of hydrogen-bond donors (Lipinski definition) is 0. The minimum Gasteiger partial charge on any atom is -0.406 e. The fraction of sp³-hybridized carbons (Fsp3) is 0.263. The van der Waals surface area contributed by atoms with Gasteiger partial charge in [-0.25, -0.2) is 19.3 Å². The topological polar surface area (TPSA) is 73.1 Å². The Hall–Kier alpha value is -3.64. The minimum atomic E-state index is -4.87. The molecule has 32 heavy (non-hydrogen) atoms. The van der Waals surface area contributed by atoms with Crippen LogP contribution in [0.3, 0.4) is 0 Å². The summed E-state index contributed by atoms with van der Waals surface area (Å²) in [5, 5.41) is 0. The van der Waals surface area contributed by atoms with Crippen LogP contribution in [0.5, 0.6) is 5.75 Å². The summed E-state index contributed by atoms with van der Waals surface area (Å²) in [5.41, 5.74) is 0.234. The summed E-state index contributed by atoms with van der Waals surface area (Å²) in [7, 11) is 0. The molecular formula is C19H13F6N5O2. The first-order valence-electron chi connectivity index (χ1n) is 9.06. The number of aromatic nitrogens is 4. The number of ether oxygens (including phenoxy) is 1. The van der Waals surface area contributed by atoms with Gasteiger partial charge in [0, 0.05) is 18.7 Å². The van der Waals surface area contributed by atoms with E-state index < -0.39 is 36.3 Å². The van der Waals surface area contributed by atoms with E-state index in [1.54, 1.807) is 0 Å². The number of carbonyl (C=O) groups excluding carboxylic acids is 1. The van der Waals surface area contributed by atoms with Gasteiger partial charge in [0.25, 0.3) is 5.91 Å². The largest absolute Gasteiger partial charge is 0.573 e. The number of imidazole rings is 1. The van der Waals surface area contributed by atoms with Crippen molar-refractivity contribution in [2.45, 2.75) is 18.8 Å². The van der Waals surface area contributed by atoms with Crippen LogP contribution in [-0.2, 0) is 4.79 Å². The second-order valence-electron chi connectivity index (χ2n) is 6.92. The van der Waals surface area contributed by atoms with Crippen LogP contribution in [0.4, 0.5) is 26.3 Å². The van der Waals surface area contributed by atoms with Crippen LogP contribution < -0.4 is 4.74 Å². The fourth-order valence-corrected chi connectivity index (χ4v) is 3.25. The minimum absolute atomic E-state index is 0.0166. The summed E-state index contributed by atoms with van der Waals surface area (Å²) in [6.45, 7) is 0.0867. The quantitative estimate of drug-likeness (QED) is 0.424. The molecule has 1 fully saturated rings. The molecule has 2 aromatic heterocycles. The molecule has 0 aliphatic carbocycles. The normalized spacial score (nSPS) is 14.7. The van der Waals surface area contributed by atoms with Crippen LogP contribution in [0.1, 0.15) is 18.3 Å². The predicted octanol–water partition coefficient (Wildman–Crippen LogP) is 4.20. The van der Waals surface area contributed by atoms with Crippen molar-refractivity contribution in [3.63, 3.8) is 0 Å². The van der Waals surface area contributed by atoms with Gasteiger partial charge >= 0.3 is 12.9 Å². The Bertz CT molecular complexity index is 1190. The molecule has 7 nitrogen and oxygen atoms in total. The van der Waals surface area contributed by atoms with Crippen molar-refractivity contribution in [1.82, 2.24) is 24.4 Å². The van der Waals surface area contributed by atoms with Crippen LogP contribution in [-0.4, -0.2) is 49.8 Å². The van der Waals surface area contributed by atoms with Crippen molar-refractivity contribution in [2.24, 2.45) is 0 Å². The standard InChI is InChI=1S/C19H13F6N5O2/c1-9(20)17(31)29-6-11(7-29)15-27-13(14-16(28-15)30(8-26-14)18(21)22)10-2-4-12(5-3-10)32-19(23,24)25/h2-5,8,11,18H,1,6-7H2. The third-order valence-electron chi connectivity index (χ3n) is 4.78. The number of fused-ring (bicyclic) bond motifs is 1. The van der Waals surface area contributed by atoms with Gasteiger partial charge in [0.1, 0.15) is 29.1 Å². The SMILES string of the molecule is C=C(F)C(=O)N1CC(c2nc(-c3ccc(OC(F)(F)F)cc3)c3ncn(C(F)F)c3n2)C1. The fourth-order valence-electron chi connectivity index (χ4n) is 3.25. The third-order valence-corrected chi connectivity index (χ3v) is 4.78. The second kappa shape index (κ2) is 7.80. The van der Waals surface area contributed by atoms with E-state index >= 15 is 0 Å². The zero-order chi connectivity index (χ0) is 23.2. The van der Waals surface area contributed by atoms with E-state index in [1.807, 2.05) is 0 Å². The first-order valence-corrected chi connectivity index (χ1v) is 9.06. The number of halogens is 6. The molecule has 1 aliphatic heterocycles. The van der Waals surface area contributed by atoms with Gasteiger partial charge in [0.15, 0.2) is 11.5 Å². The van der Waals surface area contributed by atoms with Gasteiger partial charge in [-0.3, -0.25) is 9.36 Å². The highest BCUT2D eigenvalue weighted by molar-refractivity contribution is 5.91. The van der Waals surface area contributed by atoms with E-state index in [0.717, 1.165) is 23.4 Å². The first-order chi connectivity index (χ1) is 15.0. The van der Waals surface area contributed by atoms with E-state index in [2.05, 4.69) is 26.3 Å². The molecular weight excluding hydrogens is 444 g/mol. The summed E-state index contributed by atoms with van der Waals surface area (Å²) in [5.74, 6) is -2.84. The summed E-state index contributed by atoms with van der Waals surface area (Å²) in [6, 6.07) is 4.66. The van der Waals surface area contributed by atoms with Crippen molar-refractivity contribution >= 4 is 17.1 Å². The third kappa shape index (κ3) is 4.09. The van der Waals surface area contributed by atoms with Gasteiger partial charge in [0.05, 0.1) is 5.92 Å². The van der Waals surface area contributed by atoms with Crippen LogP contribution >= 0.6 is 0 Å². The van der Waals surface area contributed by atoms with Gasteiger partial charge in [-0.05, 0) is 24.3 Å². The highest BCUT2D eigenvalue weighted by atomic mass is 19.4. The van der Waals surface area contributed by atoms with Crippen molar-refractivity contribution in [2.75, 3.05) is 13.1 Å². The highest BCUT2D eigenvalue weighted by Crippen LogP contribution is 2.33. The van der Waals surface area contributed by atoms with Gasteiger partial charge in [-0.1, -0.05) is 6.58 Å². The molecule has 1 amide bonds. The molecule has 13 heteroatoms. The maximum absolute atomic E-state index is 13.4. The smallest absolute Gasteiger partial charge is 0.406 e. The van der Waals surface area contributed by atoms with E-state index in [4.69, 9.17) is 0 Å². The molecule has 0 unspecified atom stereocenters. The Morgan fingerprint density at radius 3 is 2.38 bits per heavy atom. The molecule has 1 aromatic carbocycles. The molecule has 0 bridgehead atoms. The van der Waals surface area contributed by atoms with Crippen molar-refractivity contribution in [1.29, 1.82) is 0 Å². The lowest BCUT2D eigenvalue weighted by Crippen LogP contribution is -2.49. The molecule has 0 radical (unpaired) electrons. The van der Waals surface area contributed by atoms with Crippen molar-refractivity contribution in [3.8, 4) is 17.0 Å². The predicted molar refractivity (Wildman–Crippen MR) is 98.3 cm³/mol. The van der Waals surface area contributed by atoms with Crippen LogP contribution in [0.2, 0.25) is 0 Å². The molecule has 1 saturated heterocycles. The van der Waals surface area contributed by atoms with Gasteiger partial charge in [-0.2, -0.15) is 8.78 Å². The Morgan fingerprint density at radius 2 is 1.81 bits per heavy atom. The molecule has 0 spiro atoms. The molecule has 1 aliphatic rings. The van der Waals surface area contributed by atoms with E-state index in [1.165, 1.54) is 12.1 Å². The van der Waals surface area contributed by atoms with E-state index in [-0.39, 0.29) is 41.3 Å². The van der Waals surface area contributed by atoms with Gasteiger partial charge in [-0.15, -0.1) is 13.2 Å². The highest BCUT2D eigenvalue weighted by Gasteiger charge is 2.36. The first kappa shape index (κ1) is 21.6. The summed E-state index contributed by atoms with van der Waals surface area (Å²) in [4.78, 5) is 25.2. The van der Waals surface area contributed by atoms with Gasteiger partial charge in [0.2, 0.25) is 0 Å². The lowest BCUT2D eigenvalue weighted by atomic mass is 9.98. The number of amides is 1. The Morgan fingerprint density at radius 1 is 1.16 bits per heavy atom. The van der Waals surface area contributed by atoms with Crippen molar-refractivity contribution < 1.29 is 35.9 Å². The lowest BCUT2D eigenvalue weighted by Gasteiger charge is -2.37. The maximum Gasteiger partial charge on any atom is 0.573 e. The average Bonchev–Trinajstić information content (AvgIpc) is 3.10. The number of likely N-dealkylation sites (tertiary alicyclic amines) is 1.